The van der Waals surface area contributed by atoms with Crippen LogP contribution in [-0.2, 0) is 22.6 Å². The van der Waals surface area contributed by atoms with E-state index in [0.717, 1.165) is 18.2 Å². The van der Waals surface area contributed by atoms with Crippen LogP contribution in [0, 0.1) is 5.92 Å². The van der Waals surface area contributed by atoms with Gasteiger partial charge in [0.1, 0.15) is 0 Å². The molecule has 1 saturated carbocycles. The lowest BCUT2D eigenvalue weighted by atomic mass is 9.87. The summed E-state index contributed by atoms with van der Waals surface area (Å²) in [5, 5.41) is 8.88. The zero-order valence-electron chi connectivity index (χ0n) is 15.4. The van der Waals surface area contributed by atoms with E-state index >= 15 is 0 Å². The number of ether oxygens (including phenoxy) is 1. The van der Waals surface area contributed by atoms with Crippen molar-refractivity contribution in [2.45, 2.75) is 51.6 Å². The van der Waals surface area contributed by atoms with E-state index < -0.39 is 0 Å². The number of carbonyl (C=O) groups is 1. The first-order valence-electron chi connectivity index (χ1n) is 9.43. The van der Waals surface area contributed by atoms with Crippen molar-refractivity contribution >= 4 is 16.7 Å². The number of carbonyl (C=O) groups excluding carboxylic acids is 1. The van der Waals surface area contributed by atoms with E-state index in [0.29, 0.717) is 43.1 Å². The Balaban J connectivity index is 1.74. The van der Waals surface area contributed by atoms with Crippen LogP contribution in [0.5, 0.6) is 0 Å². The first-order chi connectivity index (χ1) is 12.7. The molecule has 0 saturated heterocycles. The van der Waals surface area contributed by atoms with Gasteiger partial charge in [0.2, 0.25) is 5.91 Å². The molecule has 0 radical (unpaired) electrons. The number of benzene rings is 1. The molecule has 1 amide bonds. The highest BCUT2D eigenvalue weighted by atomic mass is 16.5. The van der Waals surface area contributed by atoms with Crippen LogP contribution in [0.3, 0.4) is 0 Å². The zero-order valence-corrected chi connectivity index (χ0v) is 15.4. The van der Waals surface area contributed by atoms with Crippen LogP contribution in [-0.4, -0.2) is 29.4 Å². The second kappa shape index (κ2) is 8.94. The summed E-state index contributed by atoms with van der Waals surface area (Å²) in [6, 6.07) is 7.41. The van der Waals surface area contributed by atoms with Crippen molar-refractivity contribution in [1.82, 2.24) is 15.1 Å². The van der Waals surface area contributed by atoms with Gasteiger partial charge >= 0.3 is 0 Å². The summed E-state index contributed by atoms with van der Waals surface area (Å²) in [4.78, 5) is 24.9. The summed E-state index contributed by atoms with van der Waals surface area (Å²) < 4.78 is 6.49. The first kappa shape index (κ1) is 18.6. The summed E-state index contributed by atoms with van der Waals surface area (Å²) in [5.74, 6) is 0.571. The maximum absolute atomic E-state index is 12.5. The van der Waals surface area contributed by atoms with Crippen molar-refractivity contribution in [3.63, 3.8) is 0 Å². The van der Waals surface area contributed by atoms with Crippen molar-refractivity contribution in [3.8, 4) is 0 Å². The molecule has 1 aromatic heterocycles. The Labute approximate surface area is 153 Å². The molecule has 1 N–H and O–H groups in total. The SMILES string of the molecule is COCCn1nc(CNC(=O)CC2CCCCC2)c2ccccc2c1=O. The highest BCUT2D eigenvalue weighted by Gasteiger charge is 2.17. The lowest BCUT2D eigenvalue weighted by molar-refractivity contribution is -0.122. The number of hydrogen-bond acceptors (Lipinski definition) is 4. The van der Waals surface area contributed by atoms with E-state index in [1.807, 2.05) is 18.2 Å². The van der Waals surface area contributed by atoms with Crippen LogP contribution >= 0.6 is 0 Å². The molecule has 0 spiro atoms. The molecule has 1 fully saturated rings. The molecule has 6 nitrogen and oxygen atoms in total. The average Bonchev–Trinajstić information content (AvgIpc) is 2.67. The lowest BCUT2D eigenvalue weighted by Crippen LogP contribution is -2.30. The number of hydrogen-bond donors (Lipinski definition) is 1. The Hall–Kier alpha value is -2.21. The molecule has 6 heteroatoms. The number of methoxy groups -OCH3 is 1. The largest absolute Gasteiger partial charge is 0.383 e. The van der Waals surface area contributed by atoms with Crippen molar-refractivity contribution in [1.29, 1.82) is 0 Å². The van der Waals surface area contributed by atoms with Gasteiger partial charge in [0, 0.05) is 18.9 Å². The first-order valence-corrected chi connectivity index (χ1v) is 9.43. The van der Waals surface area contributed by atoms with Gasteiger partial charge in [0.05, 0.1) is 30.8 Å². The molecule has 1 aliphatic rings. The molecule has 3 rings (SSSR count). The Kier molecular flexibility index (Phi) is 6.39. The summed E-state index contributed by atoms with van der Waals surface area (Å²) >= 11 is 0. The summed E-state index contributed by atoms with van der Waals surface area (Å²) in [7, 11) is 1.60. The third-order valence-corrected chi connectivity index (χ3v) is 5.10. The zero-order chi connectivity index (χ0) is 18.4. The van der Waals surface area contributed by atoms with Gasteiger partial charge in [-0.3, -0.25) is 9.59 Å². The van der Waals surface area contributed by atoms with Gasteiger partial charge in [-0.15, -0.1) is 0 Å². The van der Waals surface area contributed by atoms with Crippen LogP contribution < -0.4 is 10.9 Å². The second-order valence-electron chi connectivity index (χ2n) is 7.00. The monoisotopic (exact) mass is 357 g/mol. The van der Waals surface area contributed by atoms with E-state index in [9.17, 15) is 9.59 Å². The van der Waals surface area contributed by atoms with E-state index in [-0.39, 0.29) is 11.5 Å². The molecule has 1 aliphatic carbocycles. The highest BCUT2D eigenvalue weighted by Crippen LogP contribution is 2.26. The molecule has 26 heavy (non-hydrogen) atoms. The average molecular weight is 357 g/mol. The van der Waals surface area contributed by atoms with Crippen LogP contribution in [0.25, 0.3) is 10.8 Å². The molecule has 0 aliphatic heterocycles. The summed E-state index contributed by atoms with van der Waals surface area (Å²) in [6.45, 7) is 1.14. The molecular weight excluding hydrogens is 330 g/mol. The van der Waals surface area contributed by atoms with E-state index in [2.05, 4.69) is 10.4 Å². The highest BCUT2D eigenvalue weighted by molar-refractivity contribution is 5.84. The predicted molar refractivity (Wildman–Crippen MR) is 101 cm³/mol. The van der Waals surface area contributed by atoms with E-state index in [1.54, 1.807) is 13.2 Å². The quantitative estimate of drug-likeness (QED) is 0.827. The van der Waals surface area contributed by atoms with Crippen LogP contribution in [0.4, 0.5) is 0 Å². The van der Waals surface area contributed by atoms with E-state index in [4.69, 9.17) is 4.74 Å². The van der Waals surface area contributed by atoms with Gasteiger partial charge in [-0.2, -0.15) is 5.10 Å². The van der Waals surface area contributed by atoms with Gasteiger partial charge in [-0.1, -0.05) is 37.5 Å². The Morgan fingerprint density at radius 3 is 2.69 bits per heavy atom. The molecular formula is C20H27N3O3. The second-order valence-corrected chi connectivity index (χ2v) is 7.00. The number of nitrogens with zero attached hydrogens (tertiary/aromatic N) is 2. The fourth-order valence-corrected chi connectivity index (χ4v) is 3.67. The van der Waals surface area contributed by atoms with Crippen molar-refractivity contribution in [2.75, 3.05) is 13.7 Å². The smallest absolute Gasteiger partial charge is 0.274 e. The number of aromatic nitrogens is 2. The minimum Gasteiger partial charge on any atom is -0.383 e. The van der Waals surface area contributed by atoms with Gasteiger partial charge in [-0.05, 0) is 24.8 Å². The standard InChI is InChI=1S/C20H27N3O3/c1-26-12-11-23-20(25)17-10-6-5-9-16(17)18(22-23)14-21-19(24)13-15-7-3-2-4-8-15/h5-6,9-10,15H,2-4,7-8,11-14H2,1H3,(H,21,24). The third kappa shape index (κ3) is 4.49. The van der Waals surface area contributed by atoms with Gasteiger partial charge in [0.15, 0.2) is 0 Å². The predicted octanol–water partition coefficient (Wildman–Crippen LogP) is 2.63. The van der Waals surface area contributed by atoms with Crippen LogP contribution in [0.2, 0.25) is 0 Å². The Morgan fingerprint density at radius 2 is 1.96 bits per heavy atom. The molecule has 1 heterocycles. The van der Waals surface area contributed by atoms with Crippen molar-refractivity contribution in [2.24, 2.45) is 5.92 Å². The number of fused-ring (bicyclic) bond motifs is 1. The number of amides is 1. The van der Waals surface area contributed by atoms with Crippen LogP contribution in [0.15, 0.2) is 29.1 Å². The molecule has 0 unspecified atom stereocenters. The topological polar surface area (TPSA) is 73.2 Å². The minimum atomic E-state index is -0.130. The number of nitrogens with one attached hydrogen (secondary N) is 1. The lowest BCUT2D eigenvalue weighted by Gasteiger charge is -2.20. The summed E-state index contributed by atoms with van der Waals surface area (Å²) in [5.41, 5.74) is 0.586. The van der Waals surface area contributed by atoms with Gasteiger partial charge in [0.25, 0.3) is 5.56 Å². The third-order valence-electron chi connectivity index (χ3n) is 5.10. The normalized spacial score (nSPS) is 15.3. The van der Waals surface area contributed by atoms with Gasteiger partial charge in [-0.25, -0.2) is 4.68 Å². The Morgan fingerprint density at radius 1 is 1.23 bits per heavy atom. The van der Waals surface area contributed by atoms with E-state index in [1.165, 1.54) is 23.9 Å². The molecule has 140 valence electrons. The molecule has 1 aromatic carbocycles. The summed E-state index contributed by atoms with van der Waals surface area (Å²) in [6.07, 6.45) is 6.63. The molecule has 0 bridgehead atoms. The van der Waals surface area contributed by atoms with Crippen molar-refractivity contribution in [3.05, 3.63) is 40.3 Å². The van der Waals surface area contributed by atoms with Gasteiger partial charge < -0.3 is 10.1 Å². The number of rotatable bonds is 7. The fourth-order valence-electron chi connectivity index (χ4n) is 3.67. The maximum Gasteiger partial charge on any atom is 0.274 e. The Bertz CT molecular complexity index is 810. The maximum atomic E-state index is 12.5. The molecule has 2 aromatic rings. The minimum absolute atomic E-state index is 0.0671. The molecule has 0 atom stereocenters. The van der Waals surface area contributed by atoms with Crippen LogP contribution in [0.1, 0.15) is 44.2 Å². The van der Waals surface area contributed by atoms with Crippen molar-refractivity contribution < 1.29 is 9.53 Å². The fraction of sp³-hybridized carbons (Fsp3) is 0.550.